The number of nitrogens with two attached hydrogens (primary N) is 1. The smallest absolute Gasteiger partial charge is 0.341 e. The molecular formula is C16H22ClF3N2O. The Morgan fingerprint density at radius 2 is 1.96 bits per heavy atom. The maximum atomic E-state index is 12.5. The second kappa shape index (κ2) is 8.02. The van der Waals surface area contributed by atoms with Crippen LogP contribution < -0.4 is 5.73 Å². The van der Waals surface area contributed by atoms with Crippen LogP contribution in [0, 0.1) is 5.92 Å². The Balaban J connectivity index is 0.00000264. The first-order valence-electron chi connectivity index (χ1n) is 7.48. The molecule has 23 heavy (non-hydrogen) atoms. The van der Waals surface area contributed by atoms with E-state index in [1.54, 1.807) is 11.8 Å². The lowest BCUT2D eigenvalue weighted by molar-refractivity contribution is -0.138. The minimum absolute atomic E-state index is 0. The fraction of sp³-hybridized carbons (Fsp3) is 0.562. The molecule has 2 atom stereocenters. The van der Waals surface area contributed by atoms with Gasteiger partial charge in [-0.2, -0.15) is 13.2 Å². The number of hydrogen-bond donors (Lipinski definition) is 1. The Labute approximate surface area is 140 Å². The van der Waals surface area contributed by atoms with E-state index in [-0.39, 0.29) is 30.3 Å². The number of amides is 1. The van der Waals surface area contributed by atoms with E-state index >= 15 is 0 Å². The van der Waals surface area contributed by atoms with Gasteiger partial charge in [0, 0.05) is 25.0 Å². The number of carbonyl (C=O) groups excluding carboxylic acids is 1. The summed E-state index contributed by atoms with van der Waals surface area (Å²) in [5.74, 6) is -0.239. The van der Waals surface area contributed by atoms with Gasteiger partial charge < -0.3 is 10.6 Å². The van der Waals surface area contributed by atoms with Crippen molar-refractivity contribution >= 4 is 18.3 Å². The van der Waals surface area contributed by atoms with E-state index in [4.69, 9.17) is 5.73 Å². The average molecular weight is 351 g/mol. The standard InChI is InChI=1S/C16H21F3N2O.ClH/c1-11(15(22)21-8-2-3-14(20)10-21)9-12-4-6-13(7-5-12)16(17,18)19;/h4-7,11,14H,2-3,8-10,20H2,1H3;1H. The summed E-state index contributed by atoms with van der Waals surface area (Å²) in [7, 11) is 0. The van der Waals surface area contributed by atoms with Gasteiger partial charge in [-0.25, -0.2) is 0 Å². The van der Waals surface area contributed by atoms with E-state index in [0.29, 0.717) is 19.5 Å². The van der Waals surface area contributed by atoms with Gasteiger partial charge in [0.25, 0.3) is 0 Å². The summed E-state index contributed by atoms with van der Waals surface area (Å²) < 4.78 is 37.6. The highest BCUT2D eigenvalue weighted by Gasteiger charge is 2.30. The van der Waals surface area contributed by atoms with Crippen LogP contribution in [0.5, 0.6) is 0 Å². The number of hydrogen-bond acceptors (Lipinski definition) is 2. The number of alkyl halides is 3. The molecule has 7 heteroatoms. The van der Waals surface area contributed by atoms with E-state index in [0.717, 1.165) is 30.5 Å². The van der Waals surface area contributed by atoms with Crippen molar-refractivity contribution in [3.05, 3.63) is 35.4 Å². The van der Waals surface area contributed by atoms with Crippen molar-refractivity contribution in [3.63, 3.8) is 0 Å². The highest BCUT2D eigenvalue weighted by molar-refractivity contribution is 5.85. The van der Waals surface area contributed by atoms with Gasteiger partial charge in [0.05, 0.1) is 5.56 Å². The highest BCUT2D eigenvalue weighted by atomic mass is 35.5. The highest BCUT2D eigenvalue weighted by Crippen LogP contribution is 2.29. The Kier molecular flexibility index (Phi) is 6.89. The molecule has 2 rings (SSSR count). The second-order valence-corrected chi connectivity index (χ2v) is 5.99. The number of likely N-dealkylation sites (tertiary alicyclic amines) is 1. The predicted molar refractivity (Wildman–Crippen MR) is 85.3 cm³/mol. The van der Waals surface area contributed by atoms with Gasteiger partial charge in [0.1, 0.15) is 0 Å². The number of nitrogens with zero attached hydrogens (tertiary/aromatic N) is 1. The molecule has 1 amide bonds. The van der Waals surface area contributed by atoms with E-state index < -0.39 is 11.7 Å². The van der Waals surface area contributed by atoms with Gasteiger partial charge in [0.2, 0.25) is 5.91 Å². The lowest BCUT2D eigenvalue weighted by Crippen LogP contribution is -2.47. The van der Waals surface area contributed by atoms with Crippen molar-refractivity contribution in [1.29, 1.82) is 0 Å². The van der Waals surface area contributed by atoms with Crippen molar-refractivity contribution in [2.45, 2.75) is 38.4 Å². The molecule has 1 fully saturated rings. The van der Waals surface area contributed by atoms with Crippen LogP contribution in [-0.2, 0) is 17.4 Å². The molecule has 1 saturated heterocycles. The number of piperidine rings is 1. The molecule has 1 aliphatic rings. The van der Waals surface area contributed by atoms with Gasteiger partial charge in [0.15, 0.2) is 0 Å². The third kappa shape index (κ3) is 5.39. The summed E-state index contributed by atoms with van der Waals surface area (Å²) >= 11 is 0. The molecule has 130 valence electrons. The molecule has 3 nitrogen and oxygen atoms in total. The third-order valence-corrected chi connectivity index (χ3v) is 4.01. The molecule has 1 aromatic rings. The summed E-state index contributed by atoms with van der Waals surface area (Å²) in [6.07, 6.45) is -2.07. The molecule has 2 N–H and O–H groups in total. The van der Waals surface area contributed by atoms with Gasteiger partial charge in [-0.05, 0) is 37.0 Å². The Bertz CT molecular complexity index is 519. The first kappa shape index (κ1) is 19.8. The molecule has 0 saturated carbocycles. The summed E-state index contributed by atoms with van der Waals surface area (Å²) in [6.45, 7) is 3.08. The van der Waals surface area contributed by atoms with Crippen LogP contribution in [0.4, 0.5) is 13.2 Å². The molecule has 0 radical (unpaired) electrons. The minimum Gasteiger partial charge on any atom is -0.341 e. The zero-order valence-electron chi connectivity index (χ0n) is 13.0. The van der Waals surface area contributed by atoms with Crippen LogP contribution in [0.1, 0.15) is 30.9 Å². The van der Waals surface area contributed by atoms with Gasteiger partial charge in [-0.3, -0.25) is 4.79 Å². The van der Waals surface area contributed by atoms with Gasteiger partial charge >= 0.3 is 6.18 Å². The molecule has 2 unspecified atom stereocenters. The molecular weight excluding hydrogens is 329 g/mol. The Hall–Kier alpha value is -1.27. The lowest BCUT2D eigenvalue weighted by Gasteiger charge is -2.32. The predicted octanol–water partition coefficient (Wildman–Crippen LogP) is 3.26. The van der Waals surface area contributed by atoms with Gasteiger partial charge in [-0.1, -0.05) is 19.1 Å². The maximum Gasteiger partial charge on any atom is 0.416 e. The SMILES string of the molecule is CC(Cc1ccc(C(F)(F)F)cc1)C(=O)N1CCCC(N)C1.Cl. The van der Waals surface area contributed by atoms with E-state index in [9.17, 15) is 18.0 Å². The lowest BCUT2D eigenvalue weighted by atomic mass is 9.97. The van der Waals surface area contributed by atoms with Crippen LogP contribution in [0.15, 0.2) is 24.3 Å². The van der Waals surface area contributed by atoms with Crippen molar-refractivity contribution in [1.82, 2.24) is 4.90 Å². The van der Waals surface area contributed by atoms with E-state index in [2.05, 4.69) is 0 Å². The first-order valence-corrected chi connectivity index (χ1v) is 7.48. The quantitative estimate of drug-likeness (QED) is 0.909. The number of halogens is 4. The molecule has 0 bridgehead atoms. The second-order valence-electron chi connectivity index (χ2n) is 5.99. The van der Waals surface area contributed by atoms with Crippen LogP contribution in [0.2, 0.25) is 0 Å². The van der Waals surface area contributed by atoms with Gasteiger partial charge in [-0.15, -0.1) is 12.4 Å². The van der Waals surface area contributed by atoms with Crippen LogP contribution in [-0.4, -0.2) is 29.9 Å². The van der Waals surface area contributed by atoms with Crippen molar-refractivity contribution in [3.8, 4) is 0 Å². The topological polar surface area (TPSA) is 46.3 Å². The van der Waals surface area contributed by atoms with Crippen LogP contribution in [0.25, 0.3) is 0 Å². The molecule has 1 heterocycles. The van der Waals surface area contributed by atoms with Crippen LogP contribution >= 0.6 is 12.4 Å². The summed E-state index contributed by atoms with van der Waals surface area (Å²) in [5, 5.41) is 0. The average Bonchev–Trinajstić information content (AvgIpc) is 2.46. The fourth-order valence-electron chi connectivity index (χ4n) is 2.79. The normalized spacial score (nSPS) is 19.9. The third-order valence-electron chi connectivity index (χ3n) is 4.01. The number of carbonyl (C=O) groups is 1. The molecule has 1 aromatic carbocycles. The number of rotatable bonds is 3. The van der Waals surface area contributed by atoms with Crippen molar-refractivity contribution < 1.29 is 18.0 Å². The molecule has 1 aliphatic heterocycles. The van der Waals surface area contributed by atoms with Crippen molar-refractivity contribution in [2.75, 3.05) is 13.1 Å². The summed E-state index contributed by atoms with van der Waals surface area (Å²) in [4.78, 5) is 14.1. The molecule has 0 aromatic heterocycles. The zero-order chi connectivity index (χ0) is 16.3. The van der Waals surface area contributed by atoms with E-state index in [1.807, 2.05) is 0 Å². The summed E-state index contributed by atoms with van der Waals surface area (Å²) in [5.41, 5.74) is 5.93. The van der Waals surface area contributed by atoms with E-state index in [1.165, 1.54) is 12.1 Å². The maximum absolute atomic E-state index is 12.5. The minimum atomic E-state index is -4.33. The largest absolute Gasteiger partial charge is 0.416 e. The fourth-order valence-corrected chi connectivity index (χ4v) is 2.79. The Morgan fingerprint density at radius 3 is 2.48 bits per heavy atom. The van der Waals surface area contributed by atoms with Crippen molar-refractivity contribution in [2.24, 2.45) is 11.7 Å². The zero-order valence-corrected chi connectivity index (χ0v) is 13.8. The monoisotopic (exact) mass is 350 g/mol. The Morgan fingerprint density at radius 1 is 1.35 bits per heavy atom. The molecule has 0 aliphatic carbocycles. The molecule has 0 spiro atoms. The number of benzene rings is 1. The summed E-state index contributed by atoms with van der Waals surface area (Å²) in [6, 6.07) is 5.02. The van der Waals surface area contributed by atoms with Crippen LogP contribution in [0.3, 0.4) is 0 Å². The first-order chi connectivity index (χ1) is 10.3.